The number of nitrogens with zero attached hydrogens (tertiary/aromatic N) is 2. The van der Waals surface area contributed by atoms with E-state index in [4.69, 9.17) is 18.9 Å². The first-order valence-electron chi connectivity index (χ1n) is 10.8. The fourth-order valence-corrected chi connectivity index (χ4v) is 4.40. The SMILES string of the molecule is COc1cc(C(=O)OCn2c3c(c(=O)c4ccccc42)CCCCN3C)cc(OC)c1OC.Cl. The maximum atomic E-state index is 13.2. The molecule has 2 aromatic carbocycles. The Morgan fingerprint density at radius 1 is 1.00 bits per heavy atom. The summed E-state index contributed by atoms with van der Waals surface area (Å²) in [5.41, 5.74) is 1.81. The molecule has 182 valence electrons. The average molecular weight is 489 g/mol. The summed E-state index contributed by atoms with van der Waals surface area (Å²) in [5.74, 6) is 1.39. The number of rotatable bonds is 6. The van der Waals surface area contributed by atoms with Crippen LogP contribution >= 0.6 is 12.4 Å². The zero-order chi connectivity index (χ0) is 23.5. The number of benzene rings is 2. The van der Waals surface area contributed by atoms with Crippen LogP contribution < -0.4 is 24.5 Å². The number of halogens is 1. The Kier molecular flexibility index (Phi) is 7.94. The molecule has 9 heteroatoms. The molecule has 34 heavy (non-hydrogen) atoms. The summed E-state index contributed by atoms with van der Waals surface area (Å²) < 4.78 is 23.7. The molecule has 0 amide bonds. The van der Waals surface area contributed by atoms with E-state index >= 15 is 0 Å². The second-order valence-electron chi connectivity index (χ2n) is 7.93. The van der Waals surface area contributed by atoms with Crippen LogP contribution in [0, 0.1) is 0 Å². The third kappa shape index (κ3) is 4.50. The van der Waals surface area contributed by atoms with Gasteiger partial charge in [-0.25, -0.2) is 4.79 Å². The second-order valence-corrected chi connectivity index (χ2v) is 7.93. The van der Waals surface area contributed by atoms with Crippen LogP contribution in [0.25, 0.3) is 10.9 Å². The van der Waals surface area contributed by atoms with Crippen LogP contribution in [0.3, 0.4) is 0 Å². The Labute approximate surface area is 204 Å². The fourth-order valence-electron chi connectivity index (χ4n) is 4.40. The summed E-state index contributed by atoms with van der Waals surface area (Å²) >= 11 is 0. The van der Waals surface area contributed by atoms with E-state index < -0.39 is 5.97 Å². The molecule has 0 fully saturated rings. The van der Waals surface area contributed by atoms with Crippen LogP contribution in [0.1, 0.15) is 28.8 Å². The van der Waals surface area contributed by atoms with Crippen molar-refractivity contribution in [3.63, 3.8) is 0 Å². The summed E-state index contributed by atoms with van der Waals surface area (Å²) in [6, 6.07) is 10.5. The maximum absolute atomic E-state index is 13.2. The monoisotopic (exact) mass is 488 g/mol. The van der Waals surface area contributed by atoms with Crippen molar-refractivity contribution in [3.8, 4) is 17.2 Å². The van der Waals surface area contributed by atoms with Gasteiger partial charge in [-0.3, -0.25) is 9.36 Å². The number of anilines is 1. The average Bonchev–Trinajstić information content (AvgIpc) is 3.04. The number of hydrogen-bond acceptors (Lipinski definition) is 7. The minimum Gasteiger partial charge on any atom is -0.493 e. The molecular formula is C25H29ClN2O6. The van der Waals surface area contributed by atoms with Gasteiger partial charge >= 0.3 is 5.97 Å². The third-order valence-corrected chi connectivity index (χ3v) is 6.00. The fraction of sp³-hybridized carbons (Fsp3) is 0.360. The molecule has 1 aliphatic heterocycles. The smallest absolute Gasteiger partial charge is 0.340 e. The number of aromatic nitrogens is 1. The third-order valence-electron chi connectivity index (χ3n) is 6.00. The van der Waals surface area contributed by atoms with E-state index in [1.165, 1.54) is 21.3 Å². The van der Waals surface area contributed by atoms with Gasteiger partial charge < -0.3 is 23.8 Å². The molecule has 0 unspecified atom stereocenters. The van der Waals surface area contributed by atoms with Crippen LogP contribution in [0.4, 0.5) is 5.82 Å². The normalized spacial score (nSPS) is 12.9. The lowest BCUT2D eigenvalue weighted by molar-refractivity contribution is 0.0380. The molecule has 3 aromatic rings. The van der Waals surface area contributed by atoms with E-state index in [-0.39, 0.29) is 30.1 Å². The quantitative estimate of drug-likeness (QED) is 0.484. The van der Waals surface area contributed by atoms with Crippen LogP contribution in [0.15, 0.2) is 41.2 Å². The van der Waals surface area contributed by atoms with Crippen molar-refractivity contribution in [1.29, 1.82) is 0 Å². The van der Waals surface area contributed by atoms with Crippen LogP contribution in [-0.2, 0) is 17.9 Å². The Bertz CT molecular complexity index is 1230. The lowest BCUT2D eigenvalue weighted by Gasteiger charge is -2.26. The molecule has 0 bridgehead atoms. The summed E-state index contributed by atoms with van der Waals surface area (Å²) in [7, 11) is 6.45. The van der Waals surface area contributed by atoms with Gasteiger partial charge in [0.1, 0.15) is 5.82 Å². The van der Waals surface area contributed by atoms with Gasteiger partial charge in [0.05, 0.1) is 32.4 Å². The predicted molar refractivity (Wildman–Crippen MR) is 133 cm³/mol. The van der Waals surface area contributed by atoms with Gasteiger partial charge in [0.2, 0.25) is 5.75 Å². The van der Waals surface area contributed by atoms with E-state index in [1.807, 2.05) is 35.9 Å². The number of para-hydroxylation sites is 1. The Hall–Kier alpha value is -3.39. The number of hydrogen-bond donors (Lipinski definition) is 0. The van der Waals surface area contributed by atoms with Crippen molar-refractivity contribution in [2.45, 2.75) is 26.0 Å². The molecule has 0 N–H and O–H groups in total. The van der Waals surface area contributed by atoms with Crippen molar-refractivity contribution in [2.24, 2.45) is 0 Å². The molecule has 0 radical (unpaired) electrons. The predicted octanol–water partition coefficient (Wildman–Crippen LogP) is 4.04. The zero-order valence-corrected chi connectivity index (χ0v) is 20.6. The summed E-state index contributed by atoms with van der Waals surface area (Å²) in [5, 5.41) is 0.621. The molecule has 0 saturated carbocycles. The van der Waals surface area contributed by atoms with Crippen molar-refractivity contribution in [2.75, 3.05) is 39.8 Å². The Balaban J connectivity index is 0.00000324. The van der Waals surface area contributed by atoms with E-state index in [1.54, 1.807) is 12.1 Å². The molecule has 0 aliphatic carbocycles. The lowest BCUT2D eigenvalue weighted by atomic mass is 10.1. The number of fused-ring (bicyclic) bond motifs is 2. The van der Waals surface area contributed by atoms with Gasteiger partial charge in [-0.15, -0.1) is 12.4 Å². The molecule has 8 nitrogen and oxygen atoms in total. The van der Waals surface area contributed by atoms with Crippen molar-refractivity contribution in [1.82, 2.24) is 4.57 Å². The highest BCUT2D eigenvalue weighted by Gasteiger charge is 2.23. The maximum Gasteiger partial charge on any atom is 0.340 e. The van der Waals surface area contributed by atoms with Crippen molar-refractivity contribution >= 4 is 35.1 Å². The van der Waals surface area contributed by atoms with E-state index in [2.05, 4.69) is 4.90 Å². The largest absolute Gasteiger partial charge is 0.493 e. The summed E-state index contributed by atoms with van der Waals surface area (Å²) in [6.45, 7) is 0.786. The van der Waals surface area contributed by atoms with E-state index in [0.29, 0.717) is 29.1 Å². The van der Waals surface area contributed by atoms with Crippen LogP contribution in [0.5, 0.6) is 17.2 Å². The molecule has 1 aliphatic rings. The number of methoxy groups -OCH3 is 3. The van der Waals surface area contributed by atoms with Gasteiger partial charge in [-0.05, 0) is 43.5 Å². The van der Waals surface area contributed by atoms with Gasteiger partial charge in [-0.2, -0.15) is 0 Å². The highest BCUT2D eigenvalue weighted by Crippen LogP contribution is 2.38. The van der Waals surface area contributed by atoms with Crippen LogP contribution in [0.2, 0.25) is 0 Å². The molecule has 4 rings (SSSR count). The van der Waals surface area contributed by atoms with Gasteiger partial charge in [0.25, 0.3) is 0 Å². The summed E-state index contributed by atoms with van der Waals surface area (Å²) in [4.78, 5) is 28.3. The molecule has 0 spiro atoms. The Morgan fingerprint density at radius 3 is 2.32 bits per heavy atom. The highest BCUT2D eigenvalue weighted by atomic mass is 35.5. The van der Waals surface area contributed by atoms with E-state index in [9.17, 15) is 9.59 Å². The summed E-state index contributed by atoms with van der Waals surface area (Å²) in [6.07, 6.45) is 2.63. The van der Waals surface area contributed by atoms with Gasteiger partial charge in [0.15, 0.2) is 23.7 Å². The molecule has 0 saturated heterocycles. The van der Waals surface area contributed by atoms with Crippen molar-refractivity contribution < 1.29 is 23.7 Å². The number of carbonyl (C=O) groups excluding carboxylic acids is 1. The number of esters is 1. The topological polar surface area (TPSA) is 79.2 Å². The Morgan fingerprint density at radius 2 is 1.68 bits per heavy atom. The second kappa shape index (κ2) is 10.7. The molecule has 0 atom stereocenters. The first-order valence-corrected chi connectivity index (χ1v) is 10.8. The van der Waals surface area contributed by atoms with E-state index in [0.717, 1.165) is 36.3 Å². The molecule has 2 heterocycles. The number of carbonyl (C=O) groups is 1. The first-order chi connectivity index (χ1) is 16.0. The van der Waals surface area contributed by atoms with Gasteiger partial charge in [-0.1, -0.05) is 12.1 Å². The van der Waals surface area contributed by atoms with Crippen molar-refractivity contribution in [3.05, 3.63) is 57.7 Å². The molecular weight excluding hydrogens is 460 g/mol. The molecule has 1 aromatic heterocycles. The number of ether oxygens (including phenoxy) is 4. The first kappa shape index (κ1) is 25.2. The minimum atomic E-state index is -0.540. The zero-order valence-electron chi connectivity index (χ0n) is 19.8. The standard InChI is InChI=1S/C25H28N2O6.ClH/c1-26-12-8-7-10-18-22(28)17-9-5-6-11-19(17)27(24(18)26)15-33-25(29)16-13-20(30-2)23(32-4)21(14-16)31-3;/h5-6,9,11,13-14H,7-8,10,12,15H2,1-4H3;1H. The number of pyridine rings is 1. The van der Waals surface area contributed by atoms with Gasteiger partial charge in [0, 0.05) is 24.5 Å². The minimum absolute atomic E-state index is 0. The van der Waals surface area contributed by atoms with Crippen LogP contribution in [-0.4, -0.2) is 45.5 Å². The lowest BCUT2D eigenvalue weighted by Crippen LogP contribution is -2.28. The highest BCUT2D eigenvalue weighted by molar-refractivity contribution is 5.91.